The fraction of sp³-hybridized carbons (Fsp3) is 0.200. The average molecular weight is 196 g/mol. The van der Waals surface area contributed by atoms with E-state index in [9.17, 15) is 14.0 Å². The van der Waals surface area contributed by atoms with E-state index in [1.165, 1.54) is 26.2 Å². The maximum absolute atomic E-state index is 13.5. The van der Waals surface area contributed by atoms with Crippen molar-refractivity contribution in [2.75, 3.05) is 7.11 Å². The van der Waals surface area contributed by atoms with Gasteiger partial charge < -0.3 is 4.74 Å². The molecule has 0 aromatic heterocycles. The molecule has 0 spiro atoms. The number of ether oxygens (including phenoxy) is 1. The van der Waals surface area contributed by atoms with E-state index >= 15 is 0 Å². The first kappa shape index (κ1) is 10.4. The molecule has 3 nitrogen and oxygen atoms in total. The molecule has 0 unspecified atom stereocenters. The van der Waals surface area contributed by atoms with Gasteiger partial charge in [-0.25, -0.2) is 4.39 Å². The summed E-state index contributed by atoms with van der Waals surface area (Å²) in [7, 11) is 1.29. The highest BCUT2D eigenvalue weighted by Gasteiger charge is 2.16. The lowest BCUT2D eigenvalue weighted by Gasteiger charge is -2.06. The summed E-state index contributed by atoms with van der Waals surface area (Å²) in [4.78, 5) is 21.6. The van der Waals surface area contributed by atoms with E-state index in [2.05, 4.69) is 0 Å². The van der Waals surface area contributed by atoms with Gasteiger partial charge in [0.2, 0.25) is 0 Å². The molecule has 0 saturated heterocycles. The number of hydrogen-bond acceptors (Lipinski definition) is 3. The summed E-state index contributed by atoms with van der Waals surface area (Å²) in [5, 5.41) is 0. The third-order valence-electron chi connectivity index (χ3n) is 1.84. The van der Waals surface area contributed by atoms with Crippen molar-refractivity contribution in [3.05, 3.63) is 29.1 Å². The lowest BCUT2D eigenvalue weighted by atomic mass is 10.0. The van der Waals surface area contributed by atoms with Crippen molar-refractivity contribution in [2.45, 2.75) is 6.92 Å². The van der Waals surface area contributed by atoms with Gasteiger partial charge in [-0.3, -0.25) is 9.59 Å². The first-order valence-corrected chi connectivity index (χ1v) is 3.94. The van der Waals surface area contributed by atoms with Crippen LogP contribution in [0.4, 0.5) is 4.39 Å². The quantitative estimate of drug-likeness (QED) is 0.547. The van der Waals surface area contributed by atoms with Gasteiger partial charge in [0.05, 0.1) is 12.7 Å². The van der Waals surface area contributed by atoms with Gasteiger partial charge in [0.1, 0.15) is 0 Å². The molecule has 1 aromatic carbocycles. The number of hydrogen-bond donors (Lipinski definition) is 0. The zero-order chi connectivity index (χ0) is 10.7. The summed E-state index contributed by atoms with van der Waals surface area (Å²) in [6.07, 6.45) is 0.444. The first-order valence-electron chi connectivity index (χ1n) is 3.94. The highest BCUT2D eigenvalue weighted by atomic mass is 19.1. The summed E-state index contributed by atoms with van der Waals surface area (Å²) in [6, 6.07) is 2.66. The van der Waals surface area contributed by atoms with Gasteiger partial charge in [-0.05, 0) is 19.1 Å². The lowest BCUT2D eigenvalue weighted by molar-refractivity contribution is 0.100. The molecule has 0 atom stereocenters. The molecule has 0 amide bonds. The van der Waals surface area contributed by atoms with Gasteiger partial charge >= 0.3 is 0 Å². The summed E-state index contributed by atoms with van der Waals surface area (Å²) < 4.78 is 18.2. The van der Waals surface area contributed by atoms with Crippen LogP contribution in [-0.2, 0) is 0 Å². The lowest BCUT2D eigenvalue weighted by Crippen LogP contribution is -2.04. The van der Waals surface area contributed by atoms with Gasteiger partial charge in [0, 0.05) is 5.56 Å². The third kappa shape index (κ3) is 1.64. The van der Waals surface area contributed by atoms with Gasteiger partial charge in [0.25, 0.3) is 0 Å². The van der Waals surface area contributed by atoms with E-state index in [-0.39, 0.29) is 16.9 Å². The molecule has 0 saturated carbocycles. The Morgan fingerprint density at radius 2 is 2.14 bits per heavy atom. The Labute approximate surface area is 80.5 Å². The number of carbonyl (C=O) groups excluding carboxylic acids is 2. The molecule has 0 bridgehead atoms. The van der Waals surface area contributed by atoms with Gasteiger partial charge in [-0.1, -0.05) is 0 Å². The van der Waals surface area contributed by atoms with Crippen LogP contribution in [-0.4, -0.2) is 19.2 Å². The molecule has 14 heavy (non-hydrogen) atoms. The zero-order valence-corrected chi connectivity index (χ0v) is 7.83. The van der Waals surface area contributed by atoms with Crippen molar-refractivity contribution in [3.63, 3.8) is 0 Å². The van der Waals surface area contributed by atoms with Crippen LogP contribution < -0.4 is 4.74 Å². The molecule has 1 aromatic rings. The van der Waals surface area contributed by atoms with Gasteiger partial charge in [-0.15, -0.1) is 0 Å². The molecule has 4 heteroatoms. The van der Waals surface area contributed by atoms with Crippen LogP contribution in [0.3, 0.4) is 0 Å². The molecule has 0 aliphatic heterocycles. The number of halogens is 1. The number of ketones is 1. The standard InChI is InChI=1S/C10H9FO3/c1-6(13)9-7(5-12)3-4-8(14-2)10(9)11/h3-5H,1-2H3. The molecule has 0 fully saturated rings. The Morgan fingerprint density at radius 1 is 1.50 bits per heavy atom. The minimum atomic E-state index is -0.787. The van der Waals surface area contributed by atoms with Crippen LogP contribution in [0.5, 0.6) is 5.75 Å². The predicted octanol–water partition coefficient (Wildman–Crippen LogP) is 1.85. The molecule has 0 N–H and O–H groups in total. The Bertz CT molecular complexity index is 385. The van der Waals surface area contributed by atoms with E-state index in [1.807, 2.05) is 0 Å². The van der Waals surface area contributed by atoms with Crippen LogP contribution in [0.2, 0.25) is 0 Å². The average Bonchev–Trinajstić information content (AvgIpc) is 2.16. The summed E-state index contributed by atoms with van der Waals surface area (Å²) in [6.45, 7) is 1.20. The fourth-order valence-corrected chi connectivity index (χ4v) is 1.19. The second-order valence-electron chi connectivity index (χ2n) is 2.72. The highest BCUT2D eigenvalue weighted by Crippen LogP contribution is 2.23. The topological polar surface area (TPSA) is 43.4 Å². The molecular weight excluding hydrogens is 187 g/mol. The Morgan fingerprint density at radius 3 is 2.57 bits per heavy atom. The maximum Gasteiger partial charge on any atom is 0.176 e. The SMILES string of the molecule is COc1ccc(C=O)c(C(C)=O)c1F. The number of carbonyl (C=O) groups is 2. The van der Waals surface area contributed by atoms with Gasteiger partial charge in [0.15, 0.2) is 23.6 Å². The number of methoxy groups -OCH3 is 1. The Balaban J connectivity index is 3.46. The Kier molecular flexibility index (Phi) is 2.96. The molecular formula is C10H9FO3. The normalized spacial score (nSPS) is 9.64. The minimum absolute atomic E-state index is 0.0378. The summed E-state index contributed by atoms with van der Waals surface area (Å²) >= 11 is 0. The van der Waals surface area contributed by atoms with E-state index in [4.69, 9.17) is 4.74 Å². The number of aldehydes is 1. The van der Waals surface area contributed by atoms with Crippen LogP contribution in [0.25, 0.3) is 0 Å². The van der Waals surface area contributed by atoms with Crippen LogP contribution >= 0.6 is 0 Å². The van der Waals surface area contributed by atoms with Crippen molar-refractivity contribution in [1.82, 2.24) is 0 Å². The highest BCUT2D eigenvalue weighted by molar-refractivity contribution is 6.02. The van der Waals surface area contributed by atoms with Crippen LogP contribution in [0.1, 0.15) is 27.6 Å². The predicted molar refractivity (Wildman–Crippen MR) is 48.3 cm³/mol. The third-order valence-corrected chi connectivity index (χ3v) is 1.84. The van der Waals surface area contributed by atoms with Crippen molar-refractivity contribution in [1.29, 1.82) is 0 Å². The van der Waals surface area contributed by atoms with E-state index < -0.39 is 11.6 Å². The molecule has 0 aliphatic carbocycles. The smallest absolute Gasteiger partial charge is 0.176 e. The monoisotopic (exact) mass is 196 g/mol. The van der Waals surface area contributed by atoms with E-state index in [1.54, 1.807) is 0 Å². The maximum atomic E-state index is 13.5. The van der Waals surface area contributed by atoms with Crippen molar-refractivity contribution in [3.8, 4) is 5.75 Å². The van der Waals surface area contributed by atoms with E-state index in [0.717, 1.165) is 0 Å². The summed E-state index contributed by atoms with van der Waals surface area (Å²) in [5.41, 5.74) is -0.185. The van der Waals surface area contributed by atoms with Crippen LogP contribution in [0.15, 0.2) is 12.1 Å². The number of benzene rings is 1. The molecule has 1 rings (SSSR count). The summed E-state index contributed by atoms with van der Waals surface area (Å²) in [5.74, 6) is -1.33. The number of Topliss-reactive ketones (excluding diaryl/α,β-unsaturated/α-hetero) is 1. The van der Waals surface area contributed by atoms with Crippen LogP contribution in [0, 0.1) is 5.82 Å². The van der Waals surface area contributed by atoms with Gasteiger partial charge in [-0.2, -0.15) is 0 Å². The molecule has 0 radical (unpaired) electrons. The van der Waals surface area contributed by atoms with Crippen molar-refractivity contribution >= 4 is 12.1 Å². The van der Waals surface area contributed by atoms with Crippen molar-refractivity contribution in [2.24, 2.45) is 0 Å². The largest absolute Gasteiger partial charge is 0.494 e. The number of rotatable bonds is 3. The molecule has 0 aliphatic rings. The Hall–Kier alpha value is -1.71. The first-order chi connectivity index (χ1) is 6.61. The fourth-order valence-electron chi connectivity index (χ4n) is 1.19. The minimum Gasteiger partial charge on any atom is -0.494 e. The molecule has 0 heterocycles. The second-order valence-corrected chi connectivity index (χ2v) is 2.72. The van der Waals surface area contributed by atoms with Crippen molar-refractivity contribution < 1.29 is 18.7 Å². The zero-order valence-electron chi connectivity index (χ0n) is 7.83. The second kappa shape index (κ2) is 4.00. The molecule has 74 valence electrons. The van der Waals surface area contributed by atoms with E-state index in [0.29, 0.717) is 6.29 Å².